The van der Waals surface area contributed by atoms with Gasteiger partial charge in [-0.3, -0.25) is 9.59 Å². The number of amides is 1. The van der Waals surface area contributed by atoms with Gasteiger partial charge in [-0.1, -0.05) is 19.1 Å². The predicted molar refractivity (Wildman–Crippen MR) is 115 cm³/mol. The van der Waals surface area contributed by atoms with Gasteiger partial charge in [-0.2, -0.15) is 9.57 Å². The van der Waals surface area contributed by atoms with E-state index in [9.17, 15) is 23.3 Å². The molecule has 1 amide bonds. The fraction of sp³-hybridized carbons (Fsp3) is 0.381. The van der Waals surface area contributed by atoms with Crippen molar-refractivity contribution in [1.29, 1.82) is 5.26 Å². The maximum absolute atomic E-state index is 12.9. The number of aryl methyl sites for hydroxylation is 1. The highest BCUT2D eigenvalue weighted by Crippen LogP contribution is 2.30. The first-order chi connectivity index (χ1) is 14.3. The molecular weight excluding hydrogens is 422 g/mol. The van der Waals surface area contributed by atoms with Gasteiger partial charge in [-0.15, -0.1) is 11.3 Å². The second-order valence-electron chi connectivity index (χ2n) is 7.17. The lowest BCUT2D eigenvalue weighted by Gasteiger charge is -2.30. The van der Waals surface area contributed by atoms with E-state index >= 15 is 0 Å². The molecule has 1 aliphatic heterocycles. The van der Waals surface area contributed by atoms with Crippen molar-refractivity contribution in [3.8, 4) is 6.07 Å². The standard InChI is InChI=1S/C21H23N3O4S2/c1-3-18-11-17(13-22)21(29-18)23-20(26)15-7-9-24(10-8-15)30(27,28)19-6-4-5-16(12-19)14(2)25/h4-6,11-12,15H,3,7-10H2,1-2H3,(H,23,26). The van der Waals surface area contributed by atoms with Crippen LogP contribution in [-0.2, 0) is 21.2 Å². The third-order valence-electron chi connectivity index (χ3n) is 5.19. The molecule has 7 nitrogen and oxygen atoms in total. The summed E-state index contributed by atoms with van der Waals surface area (Å²) in [6.45, 7) is 3.83. The highest BCUT2D eigenvalue weighted by Gasteiger charge is 2.32. The van der Waals surface area contributed by atoms with E-state index in [0.717, 1.165) is 11.3 Å². The molecule has 0 bridgehead atoms. The van der Waals surface area contributed by atoms with Crippen LogP contribution in [0.25, 0.3) is 0 Å². The molecule has 1 aromatic carbocycles. The number of rotatable bonds is 6. The van der Waals surface area contributed by atoms with Gasteiger partial charge in [0.2, 0.25) is 15.9 Å². The van der Waals surface area contributed by atoms with Gasteiger partial charge in [0.05, 0.1) is 10.5 Å². The Kier molecular flexibility index (Phi) is 6.71. The molecule has 0 saturated carbocycles. The molecule has 1 saturated heterocycles. The summed E-state index contributed by atoms with van der Waals surface area (Å²) in [5.74, 6) is -0.704. The Balaban J connectivity index is 1.66. The number of sulfonamides is 1. The molecule has 0 spiro atoms. The number of benzene rings is 1. The van der Waals surface area contributed by atoms with E-state index < -0.39 is 10.0 Å². The second kappa shape index (κ2) is 9.08. The fourth-order valence-corrected chi connectivity index (χ4v) is 5.85. The van der Waals surface area contributed by atoms with Gasteiger partial charge in [-0.25, -0.2) is 8.42 Å². The number of nitriles is 1. The van der Waals surface area contributed by atoms with Crippen LogP contribution in [0, 0.1) is 17.2 Å². The van der Waals surface area contributed by atoms with E-state index in [1.165, 1.54) is 34.7 Å². The Morgan fingerprint density at radius 2 is 1.97 bits per heavy atom. The highest BCUT2D eigenvalue weighted by atomic mass is 32.2. The smallest absolute Gasteiger partial charge is 0.243 e. The van der Waals surface area contributed by atoms with Crippen molar-refractivity contribution in [1.82, 2.24) is 4.31 Å². The number of ketones is 1. The summed E-state index contributed by atoms with van der Waals surface area (Å²) in [6, 6.07) is 9.89. The van der Waals surface area contributed by atoms with Crippen LogP contribution in [0.3, 0.4) is 0 Å². The monoisotopic (exact) mass is 445 g/mol. The fourth-order valence-electron chi connectivity index (χ4n) is 3.39. The number of hydrogen-bond donors (Lipinski definition) is 1. The molecule has 0 radical (unpaired) electrons. The summed E-state index contributed by atoms with van der Waals surface area (Å²) in [4.78, 5) is 25.3. The van der Waals surface area contributed by atoms with E-state index in [1.807, 2.05) is 6.92 Å². The predicted octanol–water partition coefficient (Wildman–Crippen LogP) is 3.42. The molecule has 0 unspecified atom stereocenters. The first-order valence-corrected chi connectivity index (χ1v) is 12.0. The van der Waals surface area contributed by atoms with Crippen LogP contribution in [0.5, 0.6) is 0 Å². The van der Waals surface area contributed by atoms with Crippen molar-refractivity contribution >= 4 is 38.1 Å². The lowest BCUT2D eigenvalue weighted by molar-refractivity contribution is -0.120. The molecular formula is C21H23N3O4S2. The summed E-state index contributed by atoms with van der Waals surface area (Å²) < 4.78 is 27.2. The minimum Gasteiger partial charge on any atom is -0.316 e. The van der Waals surface area contributed by atoms with Crippen molar-refractivity contribution in [2.24, 2.45) is 5.92 Å². The number of Topliss-reactive ketones (excluding diaryl/α,β-unsaturated/α-hetero) is 1. The van der Waals surface area contributed by atoms with Gasteiger partial charge in [0.1, 0.15) is 11.1 Å². The van der Waals surface area contributed by atoms with Crippen LogP contribution in [-0.4, -0.2) is 37.5 Å². The van der Waals surface area contributed by atoms with Crippen LogP contribution < -0.4 is 5.32 Å². The van der Waals surface area contributed by atoms with Gasteiger partial charge in [-0.05, 0) is 44.4 Å². The molecule has 158 valence electrons. The van der Waals surface area contributed by atoms with E-state index in [2.05, 4.69) is 11.4 Å². The van der Waals surface area contributed by atoms with E-state index in [1.54, 1.807) is 18.2 Å². The number of thiophene rings is 1. The topological polar surface area (TPSA) is 107 Å². The lowest BCUT2D eigenvalue weighted by atomic mass is 9.97. The van der Waals surface area contributed by atoms with Crippen LogP contribution in [0.4, 0.5) is 5.00 Å². The van der Waals surface area contributed by atoms with E-state index in [0.29, 0.717) is 29.0 Å². The molecule has 1 aliphatic rings. The molecule has 2 heterocycles. The summed E-state index contributed by atoms with van der Waals surface area (Å²) in [5.41, 5.74) is 0.802. The maximum atomic E-state index is 12.9. The maximum Gasteiger partial charge on any atom is 0.243 e. The van der Waals surface area contributed by atoms with E-state index in [4.69, 9.17) is 0 Å². The van der Waals surface area contributed by atoms with Gasteiger partial charge in [0.25, 0.3) is 0 Å². The number of carbonyl (C=O) groups is 2. The van der Waals surface area contributed by atoms with Gasteiger partial charge >= 0.3 is 0 Å². The van der Waals surface area contributed by atoms with Crippen molar-refractivity contribution in [2.75, 3.05) is 18.4 Å². The number of nitrogens with zero attached hydrogens (tertiary/aromatic N) is 2. The number of piperidine rings is 1. The number of anilines is 1. The summed E-state index contributed by atoms with van der Waals surface area (Å²) in [6.07, 6.45) is 1.58. The quantitative estimate of drug-likeness (QED) is 0.686. The largest absolute Gasteiger partial charge is 0.316 e. The zero-order chi connectivity index (χ0) is 21.9. The second-order valence-corrected chi connectivity index (χ2v) is 10.2. The average molecular weight is 446 g/mol. The number of nitrogens with one attached hydrogen (secondary N) is 1. The Morgan fingerprint density at radius 3 is 2.57 bits per heavy atom. The number of carbonyl (C=O) groups excluding carboxylic acids is 2. The highest BCUT2D eigenvalue weighted by molar-refractivity contribution is 7.89. The van der Waals surface area contributed by atoms with Gasteiger partial charge < -0.3 is 5.32 Å². The Hall–Kier alpha value is -2.54. The zero-order valence-corrected chi connectivity index (χ0v) is 18.5. The van der Waals surface area contributed by atoms with Gasteiger partial charge in [0, 0.05) is 29.4 Å². The third-order valence-corrected chi connectivity index (χ3v) is 8.28. The van der Waals surface area contributed by atoms with Crippen molar-refractivity contribution in [3.05, 3.63) is 46.3 Å². The zero-order valence-electron chi connectivity index (χ0n) is 16.8. The average Bonchev–Trinajstić information content (AvgIpc) is 3.15. The van der Waals surface area contributed by atoms with E-state index in [-0.39, 0.29) is 35.6 Å². The summed E-state index contributed by atoms with van der Waals surface area (Å²) >= 11 is 1.39. The Labute approximate surface area is 180 Å². The molecule has 30 heavy (non-hydrogen) atoms. The SMILES string of the molecule is CCc1cc(C#N)c(NC(=O)C2CCN(S(=O)(=O)c3cccc(C(C)=O)c3)CC2)s1. The minimum absolute atomic E-state index is 0.0856. The minimum atomic E-state index is -3.73. The number of hydrogen-bond acceptors (Lipinski definition) is 6. The van der Waals surface area contributed by atoms with Crippen LogP contribution in [0.1, 0.15) is 47.5 Å². The third kappa shape index (κ3) is 4.61. The van der Waals surface area contributed by atoms with Gasteiger partial charge in [0.15, 0.2) is 5.78 Å². The molecule has 1 aromatic heterocycles. The van der Waals surface area contributed by atoms with Crippen molar-refractivity contribution in [3.63, 3.8) is 0 Å². The first kappa shape index (κ1) is 22.2. The first-order valence-electron chi connectivity index (χ1n) is 9.71. The van der Waals surface area contributed by atoms with Crippen LogP contribution in [0.15, 0.2) is 35.2 Å². The molecule has 2 aromatic rings. The lowest BCUT2D eigenvalue weighted by Crippen LogP contribution is -2.41. The van der Waals surface area contributed by atoms with Crippen molar-refractivity contribution in [2.45, 2.75) is 38.0 Å². The molecule has 3 rings (SSSR count). The molecule has 9 heteroatoms. The summed E-state index contributed by atoms with van der Waals surface area (Å²) in [5, 5.41) is 12.6. The molecule has 0 aliphatic carbocycles. The van der Waals surface area contributed by atoms with Crippen LogP contribution in [0.2, 0.25) is 0 Å². The normalized spacial score (nSPS) is 15.5. The molecule has 0 atom stereocenters. The Morgan fingerprint density at radius 1 is 1.27 bits per heavy atom. The molecule has 1 N–H and O–H groups in total. The molecule has 1 fully saturated rings. The Bertz CT molecular complexity index is 1110. The van der Waals surface area contributed by atoms with Crippen LogP contribution >= 0.6 is 11.3 Å². The summed E-state index contributed by atoms with van der Waals surface area (Å²) in [7, 11) is -3.73. The van der Waals surface area contributed by atoms with Crippen molar-refractivity contribution < 1.29 is 18.0 Å².